The third kappa shape index (κ3) is 3.11. The molecule has 3 rings (SSSR count). The van der Waals surface area contributed by atoms with E-state index in [0.717, 1.165) is 25.7 Å². The molecule has 7 heteroatoms. The van der Waals surface area contributed by atoms with Crippen molar-refractivity contribution in [3.63, 3.8) is 0 Å². The Balaban J connectivity index is 2.16. The summed E-state index contributed by atoms with van der Waals surface area (Å²) in [5.41, 5.74) is 0.292. The second-order valence-electron chi connectivity index (χ2n) is 7.20. The van der Waals surface area contributed by atoms with E-state index in [1.165, 1.54) is 16.7 Å². The summed E-state index contributed by atoms with van der Waals surface area (Å²) in [5, 5.41) is 11.1. The van der Waals surface area contributed by atoms with Gasteiger partial charge in [-0.25, -0.2) is 14.3 Å². The number of hydrogen-bond acceptors (Lipinski definition) is 5. The van der Waals surface area contributed by atoms with E-state index in [2.05, 4.69) is 4.98 Å². The topological polar surface area (TPSA) is 87.3 Å². The van der Waals surface area contributed by atoms with Crippen LogP contribution in [0.4, 0.5) is 10.5 Å². The maximum atomic E-state index is 12.7. The Bertz CT molecular complexity index is 798. The average Bonchev–Trinajstić information content (AvgIpc) is 3.11. The zero-order valence-electron chi connectivity index (χ0n) is 14.1. The van der Waals surface area contributed by atoms with Crippen molar-refractivity contribution < 1.29 is 14.5 Å². The van der Waals surface area contributed by atoms with Gasteiger partial charge in [-0.05, 0) is 39.7 Å². The highest BCUT2D eigenvalue weighted by Gasteiger charge is 2.29. The lowest BCUT2D eigenvalue weighted by Gasteiger charge is -2.21. The van der Waals surface area contributed by atoms with Crippen molar-refractivity contribution in [3.8, 4) is 0 Å². The van der Waals surface area contributed by atoms with Gasteiger partial charge < -0.3 is 4.74 Å². The van der Waals surface area contributed by atoms with Crippen molar-refractivity contribution >= 4 is 22.8 Å². The summed E-state index contributed by atoms with van der Waals surface area (Å²) in [6.45, 7) is 5.38. The third-order valence-corrected chi connectivity index (χ3v) is 4.17. The molecule has 1 aliphatic carbocycles. The van der Waals surface area contributed by atoms with Crippen molar-refractivity contribution in [1.82, 2.24) is 9.55 Å². The molecule has 1 saturated carbocycles. The second kappa shape index (κ2) is 5.89. The number of imidazole rings is 1. The minimum Gasteiger partial charge on any atom is -0.443 e. The molecule has 1 aromatic carbocycles. The normalized spacial score (nSPS) is 15.8. The van der Waals surface area contributed by atoms with Gasteiger partial charge in [-0.2, -0.15) is 0 Å². The monoisotopic (exact) mass is 331 g/mol. The summed E-state index contributed by atoms with van der Waals surface area (Å²) in [6.07, 6.45) is 3.60. The van der Waals surface area contributed by atoms with E-state index < -0.39 is 16.6 Å². The fourth-order valence-electron chi connectivity index (χ4n) is 3.15. The first-order chi connectivity index (χ1) is 11.3. The minimum absolute atomic E-state index is 0.0646. The zero-order valence-corrected chi connectivity index (χ0v) is 14.1. The Morgan fingerprint density at radius 2 is 2.00 bits per heavy atom. The van der Waals surface area contributed by atoms with Crippen LogP contribution in [0.5, 0.6) is 0 Å². The highest BCUT2D eigenvalue weighted by Crippen LogP contribution is 2.36. The molecule has 0 amide bonds. The van der Waals surface area contributed by atoms with E-state index in [1.807, 2.05) is 0 Å². The first kappa shape index (κ1) is 16.4. The van der Waals surface area contributed by atoms with E-state index in [-0.39, 0.29) is 11.6 Å². The number of ether oxygens (including phenoxy) is 1. The number of nitrogens with zero attached hydrogens (tertiary/aromatic N) is 3. The van der Waals surface area contributed by atoms with Crippen LogP contribution in [0.1, 0.15) is 58.2 Å². The van der Waals surface area contributed by atoms with E-state index in [9.17, 15) is 14.9 Å². The highest BCUT2D eigenvalue weighted by atomic mass is 16.6. The molecule has 128 valence electrons. The molecule has 1 aliphatic rings. The number of nitro benzene ring substituents is 1. The van der Waals surface area contributed by atoms with Gasteiger partial charge in [0.15, 0.2) is 0 Å². The molecule has 0 bridgehead atoms. The number of rotatable bonds is 2. The molecule has 24 heavy (non-hydrogen) atoms. The summed E-state index contributed by atoms with van der Waals surface area (Å²) in [5.74, 6) is 0.834. The molecule has 0 saturated heterocycles. The Kier molecular flexibility index (Phi) is 4.03. The quantitative estimate of drug-likeness (QED) is 0.602. The van der Waals surface area contributed by atoms with E-state index in [4.69, 9.17) is 4.74 Å². The van der Waals surface area contributed by atoms with E-state index >= 15 is 0 Å². The van der Waals surface area contributed by atoms with Crippen molar-refractivity contribution in [2.24, 2.45) is 0 Å². The van der Waals surface area contributed by atoms with E-state index in [0.29, 0.717) is 16.9 Å². The summed E-state index contributed by atoms with van der Waals surface area (Å²) < 4.78 is 6.93. The number of non-ortho nitro benzene ring substituents is 1. The van der Waals surface area contributed by atoms with Gasteiger partial charge in [0.25, 0.3) is 5.69 Å². The van der Waals surface area contributed by atoms with Gasteiger partial charge in [-0.1, -0.05) is 12.8 Å². The molecular formula is C17H21N3O4. The van der Waals surface area contributed by atoms with Crippen LogP contribution in [0, 0.1) is 10.1 Å². The average molecular weight is 331 g/mol. The lowest BCUT2D eigenvalue weighted by molar-refractivity contribution is -0.384. The number of carbonyl (C=O) groups excluding carboxylic acids is 1. The highest BCUT2D eigenvalue weighted by molar-refractivity contribution is 5.89. The SMILES string of the molecule is CC(C)(C)OC(=O)n1c(C2CCCC2)nc2ccc([N+](=O)[O-])cc21. The molecule has 2 aromatic rings. The molecule has 1 aromatic heterocycles. The van der Waals surface area contributed by atoms with E-state index in [1.54, 1.807) is 26.8 Å². The maximum absolute atomic E-state index is 12.7. The maximum Gasteiger partial charge on any atom is 0.420 e. The lowest BCUT2D eigenvalue weighted by atomic mass is 10.1. The van der Waals surface area contributed by atoms with Crippen LogP contribution < -0.4 is 0 Å². The number of carbonyl (C=O) groups is 1. The molecule has 0 unspecified atom stereocenters. The van der Waals surface area contributed by atoms with Crippen LogP contribution in [0.2, 0.25) is 0 Å². The van der Waals surface area contributed by atoms with Gasteiger partial charge in [0.05, 0.1) is 16.0 Å². The van der Waals surface area contributed by atoms with Gasteiger partial charge in [0.2, 0.25) is 0 Å². The number of hydrogen-bond donors (Lipinski definition) is 0. The standard InChI is InChI=1S/C17H21N3O4/c1-17(2,3)24-16(21)19-14-10-12(20(22)23)8-9-13(14)18-15(19)11-6-4-5-7-11/h8-11H,4-7H2,1-3H3. The smallest absolute Gasteiger partial charge is 0.420 e. The van der Waals surface area contributed by atoms with Crippen LogP contribution in [0.3, 0.4) is 0 Å². The van der Waals surface area contributed by atoms with Gasteiger partial charge >= 0.3 is 6.09 Å². The van der Waals surface area contributed by atoms with Gasteiger partial charge in [-0.3, -0.25) is 10.1 Å². The summed E-state index contributed by atoms with van der Waals surface area (Å²) in [6, 6.07) is 4.39. The molecule has 0 aliphatic heterocycles. The molecule has 1 heterocycles. The number of benzene rings is 1. The van der Waals surface area contributed by atoms with Crippen LogP contribution >= 0.6 is 0 Å². The van der Waals surface area contributed by atoms with Crippen molar-refractivity contribution in [2.45, 2.75) is 58.0 Å². The molecule has 0 spiro atoms. The van der Waals surface area contributed by atoms with Gasteiger partial charge in [-0.15, -0.1) is 0 Å². The van der Waals surface area contributed by atoms with Crippen molar-refractivity contribution in [3.05, 3.63) is 34.1 Å². The Morgan fingerprint density at radius 3 is 2.58 bits per heavy atom. The fourth-order valence-corrected chi connectivity index (χ4v) is 3.15. The number of fused-ring (bicyclic) bond motifs is 1. The van der Waals surface area contributed by atoms with Crippen molar-refractivity contribution in [1.29, 1.82) is 0 Å². The van der Waals surface area contributed by atoms with Crippen LogP contribution in [-0.4, -0.2) is 26.2 Å². The Labute approximate surface area is 139 Å². The predicted octanol–water partition coefficient (Wildman–Crippen LogP) is 4.39. The Hall–Kier alpha value is -2.44. The van der Waals surface area contributed by atoms with Crippen LogP contribution in [0.25, 0.3) is 11.0 Å². The first-order valence-corrected chi connectivity index (χ1v) is 8.16. The van der Waals surface area contributed by atoms with Gasteiger partial charge in [0, 0.05) is 18.1 Å². The molecular weight excluding hydrogens is 310 g/mol. The largest absolute Gasteiger partial charge is 0.443 e. The molecule has 0 N–H and O–H groups in total. The van der Waals surface area contributed by atoms with Gasteiger partial charge in [0.1, 0.15) is 11.4 Å². The first-order valence-electron chi connectivity index (χ1n) is 8.16. The molecule has 0 radical (unpaired) electrons. The fraction of sp³-hybridized carbons (Fsp3) is 0.529. The summed E-state index contributed by atoms with van der Waals surface area (Å²) in [4.78, 5) is 27.9. The summed E-state index contributed by atoms with van der Waals surface area (Å²) >= 11 is 0. The molecule has 0 atom stereocenters. The van der Waals surface area contributed by atoms with Crippen LogP contribution in [0.15, 0.2) is 18.2 Å². The lowest BCUT2D eigenvalue weighted by Crippen LogP contribution is -2.28. The molecule has 7 nitrogen and oxygen atoms in total. The van der Waals surface area contributed by atoms with Crippen LogP contribution in [-0.2, 0) is 4.74 Å². The summed E-state index contributed by atoms with van der Waals surface area (Å²) in [7, 11) is 0. The predicted molar refractivity (Wildman–Crippen MR) is 89.2 cm³/mol. The second-order valence-corrected chi connectivity index (χ2v) is 7.20. The minimum atomic E-state index is -0.651. The number of nitro groups is 1. The molecule has 1 fully saturated rings. The third-order valence-electron chi connectivity index (χ3n) is 4.17. The number of aromatic nitrogens is 2. The Morgan fingerprint density at radius 1 is 1.33 bits per heavy atom. The zero-order chi connectivity index (χ0) is 17.5. The van der Waals surface area contributed by atoms with Crippen molar-refractivity contribution in [2.75, 3.05) is 0 Å².